The third-order valence-electron chi connectivity index (χ3n) is 3.01. The predicted octanol–water partition coefficient (Wildman–Crippen LogP) is 3.93. The summed E-state index contributed by atoms with van der Waals surface area (Å²) in [7, 11) is 0. The van der Waals surface area contributed by atoms with Crippen LogP contribution in [0.5, 0.6) is 0 Å². The Morgan fingerprint density at radius 3 is 2.81 bits per heavy atom. The van der Waals surface area contributed by atoms with Gasteiger partial charge in [-0.3, -0.25) is 0 Å². The summed E-state index contributed by atoms with van der Waals surface area (Å²) in [6.45, 7) is 3.14. The molecule has 16 heavy (non-hydrogen) atoms. The van der Waals surface area contributed by atoms with Crippen LogP contribution in [-0.4, -0.2) is 6.54 Å². The highest BCUT2D eigenvalue weighted by molar-refractivity contribution is 6.30. The van der Waals surface area contributed by atoms with Crippen LogP contribution in [0.25, 0.3) is 0 Å². The van der Waals surface area contributed by atoms with Crippen molar-refractivity contribution in [1.82, 2.24) is 5.32 Å². The van der Waals surface area contributed by atoms with Crippen LogP contribution in [0.2, 0.25) is 5.02 Å². The number of benzene rings is 1. The van der Waals surface area contributed by atoms with E-state index in [2.05, 4.69) is 12.2 Å². The maximum absolute atomic E-state index is 13.1. The van der Waals surface area contributed by atoms with E-state index in [-0.39, 0.29) is 10.8 Å². The summed E-state index contributed by atoms with van der Waals surface area (Å²) in [4.78, 5) is 0. The van der Waals surface area contributed by atoms with Gasteiger partial charge in [0.05, 0.1) is 5.02 Å². The molecule has 0 radical (unpaired) electrons. The van der Waals surface area contributed by atoms with Gasteiger partial charge < -0.3 is 5.32 Å². The summed E-state index contributed by atoms with van der Waals surface area (Å²) in [5.74, 6) is 0.364. The Kier molecular flexibility index (Phi) is 3.82. The van der Waals surface area contributed by atoms with Gasteiger partial charge in [-0.1, -0.05) is 24.6 Å². The van der Waals surface area contributed by atoms with Crippen LogP contribution < -0.4 is 5.32 Å². The molecule has 1 aliphatic rings. The second-order valence-corrected chi connectivity index (χ2v) is 4.85. The number of hydrogen-bond acceptors (Lipinski definition) is 1. The number of hydrogen-bond donors (Lipinski definition) is 1. The molecule has 0 spiro atoms. The zero-order chi connectivity index (χ0) is 11.5. The molecule has 0 aromatic heterocycles. The first kappa shape index (κ1) is 11.9. The van der Waals surface area contributed by atoms with Gasteiger partial charge >= 0.3 is 0 Å². The van der Waals surface area contributed by atoms with Crippen LogP contribution in [0.1, 0.15) is 37.8 Å². The number of rotatable bonds is 5. The summed E-state index contributed by atoms with van der Waals surface area (Å²) >= 11 is 5.81. The quantitative estimate of drug-likeness (QED) is 0.824. The zero-order valence-corrected chi connectivity index (χ0v) is 10.2. The lowest BCUT2D eigenvalue weighted by atomic mass is 10.0. The Morgan fingerprint density at radius 2 is 2.25 bits per heavy atom. The van der Waals surface area contributed by atoms with Gasteiger partial charge in [-0.15, -0.1) is 0 Å². The van der Waals surface area contributed by atoms with E-state index in [0.29, 0.717) is 12.0 Å². The Labute approximate surface area is 101 Å². The van der Waals surface area contributed by atoms with Crippen LogP contribution in [0.4, 0.5) is 4.39 Å². The predicted molar refractivity (Wildman–Crippen MR) is 65.2 cm³/mol. The Hall–Kier alpha value is -0.600. The molecule has 1 N–H and O–H groups in total. The monoisotopic (exact) mass is 241 g/mol. The second kappa shape index (κ2) is 5.15. The molecule has 88 valence electrons. The van der Waals surface area contributed by atoms with Gasteiger partial charge in [0.25, 0.3) is 0 Å². The molecule has 1 atom stereocenters. The largest absolute Gasteiger partial charge is 0.310 e. The van der Waals surface area contributed by atoms with Crippen LogP contribution >= 0.6 is 11.6 Å². The molecule has 1 aromatic rings. The fraction of sp³-hybridized carbons (Fsp3) is 0.538. The van der Waals surface area contributed by atoms with Gasteiger partial charge in [0.15, 0.2) is 0 Å². The minimum Gasteiger partial charge on any atom is -0.310 e. The van der Waals surface area contributed by atoms with Crippen molar-refractivity contribution in [3.8, 4) is 0 Å². The van der Waals surface area contributed by atoms with E-state index in [1.807, 2.05) is 6.07 Å². The van der Waals surface area contributed by atoms with Crippen molar-refractivity contribution in [3.63, 3.8) is 0 Å². The Balaban J connectivity index is 2.14. The third-order valence-corrected chi connectivity index (χ3v) is 3.30. The summed E-state index contributed by atoms with van der Waals surface area (Å²) in [5.41, 5.74) is 1.11. The second-order valence-electron chi connectivity index (χ2n) is 4.44. The lowest BCUT2D eigenvalue weighted by molar-refractivity contribution is 0.480. The minimum atomic E-state index is -0.338. The van der Waals surface area contributed by atoms with E-state index < -0.39 is 0 Å². The molecule has 2 rings (SSSR count). The highest BCUT2D eigenvalue weighted by Gasteiger charge is 2.31. The molecule has 3 heteroatoms. The molecule has 0 bridgehead atoms. The maximum atomic E-state index is 13.1. The van der Waals surface area contributed by atoms with Crippen LogP contribution in [0, 0.1) is 11.7 Å². The summed E-state index contributed by atoms with van der Waals surface area (Å²) in [5, 5.41) is 3.74. The van der Waals surface area contributed by atoms with Crippen LogP contribution in [0.3, 0.4) is 0 Å². The lowest BCUT2D eigenvalue weighted by Gasteiger charge is -2.18. The van der Waals surface area contributed by atoms with Gasteiger partial charge in [0, 0.05) is 6.04 Å². The summed E-state index contributed by atoms with van der Waals surface area (Å²) in [6, 6.07) is 5.40. The van der Waals surface area contributed by atoms with Crippen molar-refractivity contribution in [2.45, 2.75) is 32.2 Å². The topological polar surface area (TPSA) is 12.0 Å². The van der Waals surface area contributed by atoms with E-state index in [4.69, 9.17) is 11.6 Å². The fourth-order valence-electron chi connectivity index (χ4n) is 1.99. The normalized spacial score (nSPS) is 17.4. The molecule has 1 saturated carbocycles. The first-order valence-corrected chi connectivity index (χ1v) is 6.28. The van der Waals surface area contributed by atoms with Gasteiger partial charge in [-0.25, -0.2) is 4.39 Å². The molecular weight excluding hydrogens is 225 g/mol. The Bertz CT molecular complexity index is 363. The van der Waals surface area contributed by atoms with E-state index in [0.717, 1.165) is 18.5 Å². The van der Waals surface area contributed by atoms with Crippen LogP contribution in [0.15, 0.2) is 18.2 Å². The van der Waals surface area contributed by atoms with Crippen molar-refractivity contribution < 1.29 is 4.39 Å². The molecule has 1 unspecified atom stereocenters. The lowest BCUT2D eigenvalue weighted by Crippen LogP contribution is -2.23. The zero-order valence-electron chi connectivity index (χ0n) is 9.47. The average molecular weight is 242 g/mol. The third kappa shape index (κ3) is 2.74. The number of nitrogens with one attached hydrogen (secondary N) is 1. The standard InChI is InChI=1S/C13H17ClFN/c1-2-7-16-13(9-3-4-9)10-5-6-12(15)11(14)8-10/h5-6,8-9,13,16H,2-4,7H2,1H3. The highest BCUT2D eigenvalue weighted by Crippen LogP contribution is 2.41. The van der Waals surface area contributed by atoms with Crippen molar-refractivity contribution in [2.24, 2.45) is 5.92 Å². The van der Waals surface area contributed by atoms with E-state index in [9.17, 15) is 4.39 Å². The first-order valence-electron chi connectivity index (χ1n) is 5.90. The molecule has 0 amide bonds. The molecule has 0 aliphatic heterocycles. The molecule has 0 heterocycles. The van der Waals surface area contributed by atoms with Crippen LogP contribution in [-0.2, 0) is 0 Å². The molecule has 1 aliphatic carbocycles. The number of halogens is 2. The van der Waals surface area contributed by atoms with Crippen molar-refractivity contribution in [1.29, 1.82) is 0 Å². The van der Waals surface area contributed by atoms with Crippen molar-refractivity contribution in [2.75, 3.05) is 6.54 Å². The first-order chi connectivity index (χ1) is 7.72. The van der Waals surface area contributed by atoms with Gasteiger partial charge in [-0.2, -0.15) is 0 Å². The van der Waals surface area contributed by atoms with Crippen molar-refractivity contribution in [3.05, 3.63) is 34.6 Å². The Morgan fingerprint density at radius 1 is 1.50 bits per heavy atom. The van der Waals surface area contributed by atoms with Crippen molar-refractivity contribution >= 4 is 11.6 Å². The molecular formula is C13H17ClFN. The van der Waals surface area contributed by atoms with E-state index in [1.54, 1.807) is 6.07 Å². The summed E-state index contributed by atoms with van der Waals surface area (Å²) < 4.78 is 13.1. The maximum Gasteiger partial charge on any atom is 0.141 e. The van der Waals surface area contributed by atoms with E-state index >= 15 is 0 Å². The van der Waals surface area contributed by atoms with Gasteiger partial charge in [-0.05, 0) is 49.4 Å². The fourth-order valence-corrected chi connectivity index (χ4v) is 2.18. The minimum absolute atomic E-state index is 0.224. The summed E-state index contributed by atoms with van der Waals surface area (Å²) in [6.07, 6.45) is 3.63. The molecule has 1 aromatic carbocycles. The molecule has 1 nitrogen and oxygen atoms in total. The van der Waals surface area contributed by atoms with Gasteiger partial charge in [0.2, 0.25) is 0 Å². The SMILES string of the molecule is CCCNC(c1ccc(F)c(Cl)c1)C1CC1. The van der Waals surface area contributed by atoms with Gasteiger partial charge in [0.1, 0.15) is 5.82 Å². The smallest absolute Gasteiger partial charge is 0.141 e. The highest BCUT2D eigenvalue weighted by atomic mass is 35.5. The molecule has 0 saturated heterocycles. The molecule has 1 fully saturated rings. The van der Waals surface area contributed by atoms with E-state index in [1.165, 1.54) is 18.9 Å². The average Bonchev–Trinajstić information content (AvgIpc) is 3.08.